The van der Waals surface area contributed by atoms with Crippen molar-refractivity contribution >= 4 is 29.8 Å². The summed E-state index contributed by atoms with van der Waals surface area (Å²) in [6.07, 6.45) is 3.78. The van der Waals surface area contributed by atoms with Crippen molar-refractivity contribution < 1.29 is 44.7 Å². The molecule has 0 aliphatic heterocycles. The summed E-state index contributed by atoms with van der Waals surface area (Å²) in [4.78, 5) is 44.8. The molecule has 2 aromatic rings. The lowest BCUT2D eigenvalue weighted by Crippen LogP contribution is -2.32. The molecule has 0 saturated carbocycles. The number of hydrogen-bond donors (Lipinski definition) is 12. The van der Waals surface area contributed by atoms with Crippen LogP contribution in [0.2, 0.25) is 0 Å². The number of carboxylic acid groups (broad SMARTS) is 4. The van der Waals surface area contributed by atoms with Gasteiger partial charge in [-0.1, -0.05) is 48.9 Å². The highest BCUT2D eigenvalue weighted by Crippen LogP contribution is 2.10. The third-order valence-electron chi connectivity index (χ3n) is 5.90. The van der Waals surface area contributed by atoms with Crippen LogP contribution in [0.4, 0.5) is 0 Å². The molecule has 17 nitrogen and oxygen atoms in total. The molecule has 2 rings (SSSR count). The number of unbranched alkanes of at least 4 members (excludes halogenated alkanes) is 1. The Morgan fingerprint density at radius 1 is 0.596 bits per heavy atom. The minimum Gasteiger partial charge on any atom is -0.508 e. The number of nitrogens with zero attached hydrogens (tertiary/aromatic N) is 1. The Hall–Kier alpha value is -4.81. The van der Waals surface area contributed by atoms with Crippen LogP contribution in [0.25, 0.3) is 0 Å². The van der Waals surface area contributed by atoms with Crippen molar-refractivity contribution in [1.82, 2.24) is 0 Å². The van der Waals surface area contributed by atoms with Gasteiger partial charge in [0.1, 0.15) is 29.9 Å². The monoisotopic (exact) mass is 666 g/mol. The molecule has 0 aliphatic rings. The smallest absolute Gasteiger partial charge is 0.320 e. The van der Waals surface area contributed by atoms with Crippen LogP contribution in [-0.4, -0.2) is 92.6 Å². The van der Waals surface area contributed by atoms with Gasteiger partial charge in [0.2, 0.25) is 0 Å². The summed E-state index contributed by atoms with van der Waals surface area (Å²) in [5.74, 6) is -3.74. The molecule has 17 heteroatoms. The van der Waals surface area contributed by atoms with Gasteiger partial charge in [0.25, 0.3) is 0 Å². The number of nitrogens with two attached hydrogens (primary N) is 7. The Labute approximate surface area is 273 Å². The summed E-state index contributed by atoms with van der Waals surface area (Å²) in [7, 11) is 0. The van der Waals surface area contributed by atoms with Gasteiger partial charge in [-0.2, -0.15) is 0 Å². The first kappa shape index (κ1) is 44.3. The quantitative estimate of drug-likeness (QED) is 0.0578. The second-order valence-electron chi connectivity index (χ2n) is 10.1. The highest BCUT2D eigenvalue weighted by molar-refractivity contribution is 5.76. The lowest BCUT2D eigenvalue weighted by Gasteiger charge is -2.05. The lowest BCUT2D eigenvalue weighted by molar-refractivity contribution is -0.139. The zero-order chi connectivity index (χ0) is 36.4. The lowest BCUT2D eigenvalue weighted by atomic mass is 10.1. The van der Waals surface area contributed by atoms with Crippen molar-refractivity contribution in [1.29, 1.82) is 0 Å². The Morgan fingerprint density at radius 3 is 1.38 bits per heavy atom. The molecule has 0 radical (unpaired) electrons. The topological polar surface area (TPSA) is 364 Å². The van der Waals surface area contributed by atoms with E-state index in [0.717, 1.165) is 24.0 Å². The van der Waals surface area contributed by atoms with Crippen molar-refractivity contribution in [2.24, 2.45) is 45.1 Å². The fraction of sp³-hybridized carbons (Fsp3) is 0.433. The van der Waals surface area contributed by atoms with E-state index in [1.807, 2.05) is 30.3 Å². The summed E-state index contributed by atoms with van der Waals surface area (Å²) in [6.45, 7) is 1.02. The first-order valence-electron chi connectivity index (χ1n) is 14.5. The fourth-order valence-electron chi connectivity index (χ4n) is 3.20. The summed E-state index contributed by atoms with van der Waals surface area (Å²) in [5, 5.41) is 42.7. The molecule has 4 atom stereocenters. The molecule has 0 spiro atoms. The average Bonchev–Trinajstić information content (AvgIpc) is 3.01. The zero-order valence-electron chi connectivity index (χ0n) is 26.2. The minimum atomic E-state index is -1.02. The van der Waals surface area contributed by atoms with Gasteiger partial charge in [-0.05, 0) is 68.3 Å². The van der Waals surface area contributed by atoms with E-state index in [-0.39, 0.29) is 18.1 Å². The van der Waals surface area contributed by atoms with Gasteiger partial charge in [0.15, 0.2) is 5.96 Å². The number of guanidine groups is 1. The molecule has 47 heavy (non-hydrogen) atoms. The maximum atomic E-state index is 10.4. The van der Waals surface area contributed by atoms with Crippen LogP contribution >= 0.6 is 0 Å². The van der Waals surface area contributed by atoms with Crippen molar-refractivity contribution in [3.8, 4) is 5.75 Å². The number of phenolic OH excluding ortho intramolecular Hbond substituents is 1. The zero-order valence-corrected chi connectivity index (χ0v) is 26.2. The van der Waals surface area contributed by atoms with Gasteiger partial charge in [-0.3, -0.25) is 24.2 Å². The standard InChI is InChI=1S/C9H11NO3.C9H11NO2.C6H14N4O2.C6H14N2O2/c10-8(9(12)13)5-6-1-3-7(11)4-2-6;10-8(9(11)12)6-7-4-2-1-3-5-7;7-4(5(11)12)2-1-3-10-6(8)9;7-4-2-1-3-5(8)6(9)10/h1-4,8,11H,5,10H2,(H,12,13);1-5,8H,6,10H2,(H,11,12);4H,1-3,7H2,(H,11,12)(H4,8,9,10);5H,1-4,7-8H2,(H,9,10)/t2*8-;4-;5-/m0000/s1. The van der Waals surface area contributed by atoms with Gasteiger partial charge in [-0.25, -0.2) is 0 Å². The third-order valence-corrected chi connectivity index (χ3v) is 5.90. The number of aromatic hydroxyl groups is 1. The van der Waals surface area contributed by atoms with Crippen molar-refractivity contribution in [2.75, 3.05) is 13.1 Å². The van der Waals surface area contributed by atoms with Crippen molar-refractivity contribution in [3.63, 3.8) is 0 Å². The maximum absolute atomic E-state index is 10.4. The summed E-state index contributed by atoms with van der Waals surface area (Å²) < 4.78 is 0. The van der Waals surface area contributed by atoms with E-state index in [9.17, 15) is 19.2 Å². The fourth-order valence-corrected chi connectivity index (χ4v) is 3.20. The number of hydrogen-bond acceptors (Lipinski definition) is 11. The van der Waals surface area contributed by atoms with Crippen LogP contribution in [0.1, 0.15) is 43.2 Å². The van der Waals surface area contributed by atoms with E-state index in [4.69, 9.17) is 65.7 Å². The maximum Gasteiger partial charge on any atom is 0.320 e. The molecular formula is C30H50N8O9. The molecule has 2 aromatic carbocycles. The molecule has 0 heterocycles. The number of carboxylic acids is 4. The van der Waals surface area contributed by atoms with Gasteiger partial charge >= 0.3 is 23.9 Å². The Balaban J connectivity index is 0. The van der Waals surface area contributed by atoms with Crippen LogP contribution < -0.4 is 40.1 Å². The van der Waals surface area contributed by atoms with Gasteiger partial charge < -0.3 is 65.7 Å². The van der Waals surface area contributed by atoms with Crippen molar-refractivity contribution in [3.05, 3.63) is 65.7 Å². The van der Waals surface area contributed by atoms with E-state index in [2.05, 4.69) is 4.99 Å². The average molecular weight is 667 g/mol. The minimum absolute atomic E-state index is 0.0129. The van der Waals surface area contributed by atoms with Gasteiger partial charge in [-0.15, -0.1) is 0 Å². The van der Waals surface area contributed by atoms with Crippen molar-refractivity contribution in [2.45, 2.75) is 69.1 Å². The molecular weight excluding hydrogens is 616 g/mol. The molecule has 0 saturated heterocycles. The number of rotatable bonds is 16. The Bertz CT molecular complexity index is 1200. The molecule has 19 N–H and O–H groups in total. The summed E-state index contributed by atoms with van der Waals surface area (Å²) in [6, 6.07) is 12.4. The van der Waals surface area contributed by atoms with E-state index in [1.54, 1.807) is 12.1 Å². The van der Waals surface area contributed by atoms with Crippen LogP contribution in [0, 0.1) is 0 Å². The third kappa shape index (κ3) is 26.1. The number of aliphatic carboxylic acids is 4. The predicted molar refractivity (Wildman–Crippen MR) is 177 cm³/mol. The van der Waals surface area contributed by atoms with E-state index >= 15 is 0 Å². The molecule has 0 aromatic heterocycles. The second kappa shape index (κ2) is 26.4. The molecule has 0 aliphatic carbocycles. The number of phenols is 1. The first-order chi connectivity index (χ1) is 22.0. The highest BCUT2D eigenvalue weighted by Gasteiger charge is 2.12. The molecule has 0 amide bonds. The summed E-state index contributed by atoms with van der Waals surface area (Å²) >= 11 is 0. The number of benzene rings is 2. The first-order valence-corrected chi connectivity index (χ1v) is 14.5. The van der Waals surface area contributed by atoms with E-state index in [1.165, 1.54) is 12.1 Å². The Morgan fingerprint density at radius 2 is 1.00 bits per heavy atom. The van der Waals surface area contributed by atoms with Crippen LogP contribution in [0.3, 0.4) is 0 Å². The van der Waals surface area contributed by atoms with E-state index in [0.29, 0.717) is 38.8 Å². The normalized spacial score (nSPS) is 12.4. The van der Waals surface area contributed by atoms with E-state index < -0.39 is 48.0 Å². The van der Waals surface area contributed by atoms with Crippen LogP contribution in [-0.2, 0) is 32.0 Å². The van der Waals surface area contributed by atoms with Gasteiger partial charge in [0, 0.05) is 6.54 Å². The van der Waals surface area contributed by atoms with Crippen LogP contribution in [0.5, 0.6) is 5.75 Å². The molecule has 0 fully saturated rings. The number of carbonyl (C=O) groups is 4. The Kier molecular flexibility index (Phi) is 24.9. The SMILES string of the molecule is NC(N)=NCCC[C@H](N)C(=O)O.NCCCC[C@H](N)C(=O)O.N[C@@H](Cc1ccc(O)cc1)C(=O)O.N[C@@H](Cc1ccccc1)C(=O)O. The van der Waals surface area contributed by atoms with Gasteiger partial charge in [0.05, 0.1) is 0 Å². The molecule has 0 unspecified atom stereocenters. The molecule has 264 valence electrons. The number of aliphatic imine (C=N–C) groups is 1. The summed E-state index contributed by atoms with van der Waals surface area (Å²) in [5.41, 5.74) is 38.2. The predicted octanol–water partition coefficient (Wildman–Crippen LogP) is -1.03. The van der Waals surface area contributed by atoms with Crippen LogP contribution in [0.15, 0.2) is 59.6 Å². The molecule has 0 bridgehead atoms. The second-order valence-corrected chi connectivity index (χ2v) is 10.1. The largest absolute Gasteiger partial charge is 0.508 e. The highest BCUT2D eigenvalue weighted by atomic mass is 16.4.